The highest BCUT2D eigenvalue weighted by atomic mass is 35.5. The van der Waals surface area contributed by atoms with Crippen molar-refractivity contribution in [2.45, 2.75) is 50.4 Å². The number of ether oxygens (including phenoxy) is 1. The Labute approximate surface area is 261 Å². The number of rotatable bonds is 9. The number of benzene rings is 2. The van der Waals surface area contributed by atoms with Crippen molar-refractivity contribution in [2.75, 3.05) is 20.3 Å². The van der Waals surface area contributed by atoms with E-state index in [0.29, 0.717) is 33.7 Å². The van der Waals surface area contributed by atoms with Gasteiger partial charge in [-0.05, 0) is 49.2 Å². The molecular formula is C28H26ClF6N7O4. The van der Waals surface area contributed by atoms with Crippen molar-refractivity contribution in [3.05, 3.63) is 81.3 Å². The fourth-order valence-corrected chi connectivity index (χ4v) is 5.35. The molecule has 18 heteroatoms. The average molecular weight is 674 g/mol. The van der Waals surface area contributed by atoms with Crippen LogP contribution in [0.5, 0.6) is 0 Å². The van der Waals surface area contributed by atoms with E-state index in [4.69, 9.17) is 16.3 Å². The molecule has 0 radical (unpaired) electrons. The molecular weight excluding hydrogens is 648 g/mol. The van der Waals surface area contributed by atoms with Gasteiger partial charge in [0, 0.05) is 24.2 Å². The van der Waals surface area contributed by atoms with Crippen LogP contribution >= 0.6 is 11.6 Å². The van der Waals surface area contributed by atoms with Gasteiger partial charge >= 0.3 is 18.0 Å². The van der Waals surface area contributed by atoms with Crippen molar-refractivity contribution in [3.63, 3.8) is 0 Å². The predicted octanol–water partition coefficient (Wildman–Crippen LogP) is 4.19. The molecule has 1 aliphatic rings. The van der Waals surface area contributed by atoms with E-state index in [9.17, 15) is 41.0 Å². The largest absolute Gasteiger partial charge is 0.418 e. The van der Waals surface area contributed by atoms with E-state index in [0.717, 1.165) is 23.1 Å². The number of aliphatic hydroxyl groups is 1. The Balaban J connectivity index is 1.54. The smallest absolute Gasteiger partial charge is 0.383 e. The van der Waals surface area contributed by atoms with Gasteiger partial charge in [0.25, 0.3) is 5.91 Å². The molecule has 0 bridgehead atoms. The SMILES string of the molecule is COC[C@@H]1CCCN1C(=O)c1cccc(C(F)(F)F)c1-n1cnc(Cn2nc(-c3ccc(Cl)cc3)n(C[C@H](O)C(F)(F)F)c2=O)n1. The molecule has 3 heterocycles. The lowest BCUT2D eigenvalue weighted by Crippen LogP contribution is -2.38. The number of methoxy groups -OCH3 is 1. The Morgan fingerprint density at radius 2 is 1.83 bits per heavy atom. The van der Waals surface area contributed by atoms with Gasteiger partial charge in [0.15, 0.2) is 17.8 Å². The molecule has 1 N–H and O–H groups in total. The van der Waals surface area contributed by atoms with E-state index in [1.165, 1.54) is 42.3 Å². The fourth-order valence-electron chi connectivity index (χ4n) is 5.22. The summed E-state index contributed by atoms with van der Waals surface area (Å²) in [5.74, 6) is -1.14. The maximum absolute atomic E-state index is 14.2. The first kappa shape index (κ1) is 33.2. The first-order valence-electron chi connectivity index (χ1n) is 13.8. The number of likely N-dealkylation sites (tertiary alicyclic amines) is 1. The number of halogens is 7. The molecule has 11 nitrogen and oxygen atoms in total. The number of aromatic nitrogens is 6. The molecule has 4 aromatic rings. The third kappa shape index (κ3) is 6.80. The maximum atomic E-state index is 14.2. The van der Waals surface area contributed by atoms with E-state index in [-0.39, 0.29) is 35.4 Å². The fraction of sp³-hybridized carbons (Fsp3) is 0.393. The molecule has 0 unspecified atom stereocenters. The predicted molar refractivity (Wildman–Crippen MR) is 150 cm³/mol. The Kier molecular flexibility index (Phi) is 9.28. The summed E-state index contributed by atoms with van der Waals surface area (Å²) in [5, 5.41) is 18.2. The molecule has 1 aliphatic heterocycles. The van der Waals surface area contributed by atoms with Gasteiger partial charge in [0.2, 0.25) is 0 Å². The minimum Gasteiger partial charge on any atom is -0.383 e. The van der Waals surface area contributed by atoms with Gasteiger partial charge in [0.05, 0.1) is 36.0 Å². The van der Waals surface area contributed by atoms with Crippen molar-refractivity contribution in [1.82, 2.24) is 34.0 Å². The lowest BCUT2D eigenvalue weighted by Gasteiger charge is -2.26. The zero-order valence-electron chi connectivity index (χ0n) is 24.0. The highest BCUT2D eigenvalue weighted by molar-refractivity contribution is 6.30. The van der Waals surface area contributed by atoms with E-state index in [1.807, 2.05) is 0 Å². The van der Waals surface area contributed by atoms with Crippen LogP contribution in [-0.2, 0) is 24.0 Å². The zero-order valence-corrected chi connectivity index (χ0v) is 24.7. The number of nitrogens with zero attached hydrogens (tertiary/aromatic N) is 7. The van der Waals surface area contributed by atoms with Crippen LogP contribution in [-0.4, -0.2) is 83.6 Å². The van der Waals surface area contributed by atoms with Gasteiger partial charge < -0.3 is 14.7 Å². The summed E-state index contributed by atoms with van der Waals surface area (Å²) in [5.41, 5.74) is -2.92. The number of aliphatic hydroxyl groups excluding tert-OH is 1. The highest BCUT2D eigenvalue weighted by Crippen LogP contribution is 2.36. The number of hydrogen-bond donors (Lipinski definition) is 1. The summed E-state index contributed by atoms with van der Waals surface area (Å²) >= 11 is 5.91. The van der Waals surface area contributed by atoms with Gasteiger partial charge in [-0.2, -0.15) is 26.3 Å². The van der Waals surface area contributed by atoms with Crippen LogP contribution in [0, 0.1) is 0 Å². The second kappa shape index (κ2) is 12.9. The summed E-state index contributed by atoms with van der Waals surface area (Å²) in [6.07, 6.45) is -10.7. The lowest BCUT2D eigenvalue weighted by atomic mass is 10.0. The van der Waals surface area contributed by atoms with Crippen molar-refractivity contribution < 1.29 is 41.0 Å². The standard InChI is InChI=1S/C28H26ClF6N7O4/c1-46-14-18-4-3-11-39(18)25(44)19-5-2-6-20(27(30,31)32)23(19)42-15-36-22(37-42)13-41-26(45)40(12-21(43)28(33,34)35)24(38-41)16-7-9-17(29)10-8-16/h2,5-10,15,18,21,43H,3-4,11-14H2,1H3/t18-,21-/m0/s1. The van der Waals surface area contributed by atoms with Gasteiger partial charge in [-0.25, -0.2) is 19.1 Å². The van der Waals surface area contributed by atoms with E-state index >= 15 is 0 Å². The zero-order chi connectivity index (χ0) is 33.4. The van der Waals surface area contributed by atoms with E-state index in [2.05, 4.69) is 15.2 Å². The van der Waals surface area contributed by atoms with Crippen LogP contribution in [0.25, 0.3) is 17.1 Å². The maximum Gasteiger partial charge on any atom is 0.418 e. The number of para-hydroxylation sites is 1. The lowest BCUT2D eigenvalue weighted by molar-refractivity contribution is -0.207. The minimum atomic E-state index is -5.04. The van der Waals surface area contributed by atoms with Crippen molar-refractivity contribution in [2.24, 2.45) is 0 Å². The summed E-state index contributed by atoms with van der Waals surface area (Å²) < 4.78 is 89.5. The van der Waals surface area contributed by atoms with Gasteiger partial charge in [-0.1, -0.05) is 17.7 Å². The molecule has 2 atom stereocenters. The molecule has 1 fully saturated rings. The minimum absolute atomic E-state index is 0.198. The van der Waals surface area contributed by atoms with Gasteiger partial charge in [-0.15, -0.1) is 10.2 Å². The first-order valence-corrected chi connectivity index (χ1v) is 14.2. The number of alkyl halides is 6. The van der Waals surface area contributed by atoms with E-state index in [1.54, 1.807) is 0 Å². The Morgan fingerprint density at radius 1 is 1.11 bits per heavy atom. The van der Waals surface area contributed by atoms with Gasteiger partial charge in [0.1, 0.15) is 12.9 Å². The molecule has 2 aromatic carbocycles. The number of hydrogen-bond acceptors (Lipinski definition) is 7. The van der Waals surface area contributed by atoms with Crippen molar-refractivity contribution in [3.8, 4) is 17.1 Å². The molecule has 0 spiro atoms. The molecule has 0 aliphatic carbocycles. The van der Waals surface area contributed by atoms with Crippen molar-refractivity contribution in [1.29, 1.82) is 0 Å². The molecule has 1 amide bonds. The monoisotopic (exact) mass is 673 g/mol. The number of amides is 1. The second-order valence-electron chi connectivity index (χ2n) is 10.5. The van der Waals surface area contributed by atoms with Crippen LogP contribution in [0.4, 0.5) is 26.3 Å². The molecule has 5 rings (SSSR count). The van der Waals surface area contributed by atoms with E-state index < -0.39 is 54.4 Å². The molecule has 0 saturated carbocycles. The topological polar surface area (TPSA) is 120 Å². The Bertz CT molecular complexity index is 1770. The van der Waals surface area contributed by atoms with Crippen LogP contribution in [0.2, 0.25) is 5.02 Å². The average Bonchev–Trinajstić information content (AvgIpc) is 3.73. The number of carbonyl (C=O) groups excluding carboxylic acids is 1. The molecule has 1 saturated heterocycles. The summed E-state index contributed by atoms with van der Waals surface area (Å²) in [6.45, 7) is -1.24. The van der Waals surface area contributed by atoms with Crippen LogP contribution < -0.4 is 5.69 Å². The Morgan fingerprint density at radius 3 is 2.48 bits per heavy atom. The third-order valence-electron chi connectivity index (χ3n) is 7.39. The summed E-state index contributed by atoms with van der Waals surface area (Å²) in [7, 11) is 1.46. The molecule has 246 valence electrons. The highest BCUT2D eigenvalue weighted by Gasteiger charge is 2.40. The molecule has 2 aromatic heterocycles. The molecule has 46 heavy (non-hydrogen) atoms. The van der Waals surface area contributed by atoms with Crippen LogP contribution in [0.1, 0.15) is 34.6 Å². The third-order valence-corrected chi connectivity index (χ3v) is 7.64. The quantitative estimate of drug-likeness (QED) is 0.265. The summed E-state index contributed by atoms with van der Waals surface area (Å²) in [4.78, 5) is 32.2. The summed E-state index contributed by atoms with van der Waals surface area (Å²) in [6, 6.07) is 8.46. The van der Waals surface area contributed by atoms with Crippen molar-refractivity contribution >= 4 is 17.5 Å². The number of carbonyl (C=O) groups is 1. The van der Waals surface area contributed by atoms with Crippen LogP contribution in [0.3, 0.4) is 0 Å². The second-order valence-corrected chi connectivity index (χ2v) is 10.9. The Hall–Kier alpha value is -4.22. The van der Waals surface area contributed by atoms with Gasteiger partial charge in [-0.3, -0.25) is 9.36 Å². The first-order chi connectivity index (χ1) is 21.7. The van der Waals surface area contributed by atoms with Crippen LogP contribution in [0.15, 0.2) is 53.6 Å². The normalized spacial score (nSPS) is 16.3.